The third-order valence-corrected chi connectivity index (χ3v) is 7.24. The molecule has 0 spiro atoms. The molecule has 0 bridgehead atoms. The molecule has 3 aromatic carbocycles. The molecule has 5 rings (SSSR count). The van der Waals surface area contributed by atoms with Crippen molar-refractivity contribution in [2.45, 2.75) is 31.5 Å². The normalized spacial score (nSPS) is 16.1. The number of benzene rings is 3. The quantitative estimate of drug-likeness (QED) is 0.265. The lowest BCUT2D eigenvalue weighted by molar-refractivity contribution is 0.00811. The first-order valence-electron chi connectivity index (χ1n) is 12.0. The Morgan fingerprint density at radius 1 is 1.08 bits per heavy atom. The lowest BCUT2D eigenvalue weighted by Crippen LogP contribution is -2.54. The Hall–Kier alpha value is -3.60. The molecule has 1 aliphatic heterocycles. The van der Waals surface area contributed by atoms with Gasteiger partial charge in [-0.1, -0.05) is 53.2 Å². The second kappa shape index (κ2) is 10.0. The van der Waals surface area contributed by atoms with Crippen LogP contribution in [0.4, 0.5) is 8.78 Å². The Labute approximate surface area is 219 Å². The van der Waals surface area contributed by atoms with Crippen LogP contribution in [0, 0.1) is 23.1 Å². The van der Waals surface area contributed by atoms with Gasteiger partial charge in [0.1, 0.15) is 11.5 Å². The number of alkyl halides is 1. The maximum Gasteiger partial charge on any atom is 0.214 e. The Bertz CT molecular complexity index is 1420. The molecule has 1 aromatic heterocycles. The van der Waals surface area contributed by atoms with Crippen molar-refractivity contribution in [1.29, 1.82) is 5.26 Å². The predicted octanol–water partition coefficient (Wildman–Crippen LogP) is 6.95. The van der Waals surface area contributed by atoms with E-state index < -0.39 is 17.4 Å². The van der Waals surface area contributed by atoms with Gasteiger partial charge in [0.25, 0.3) is 0 Å². The van der Waals surface area contributed by atoms with Crippen molar-refractivity contribution in [1.82, 2.24) is 15.0 Å². The molecule has 1 aliphatic rings. The van der Waals surface area contributed by atoms with E-state index in [2.05, 4.69) is 21.1 Å². The Balaban J connectivity index is 1.48. The molecule has 0 N–H and O–H groups in total. The Morgan fingerprint density at radius 2 is 1.84 bits per heavy atom. The van der Waals surface area contributed by atoms with Crippen LogP contribution in [0.15, 0.2) is 77.6 Å². The van der Waals surface area contributed by atoms with Gasteiger partial charge < -0.3 is 4.52 Å². The van der Waals surface area contributed by atoms with E-state index in [1.807, 2.05) is 48.5 Å². The predicted molar refractivity (Wildman–Crippen MR) is 137 cm³/mol. The summed E-state index contributed by atoms with van der Waals surface area (Å²) in [6.07, 6.45) is 1.29. The Kier molecular flexibility index (Phi) is 6.80. The SMILES string of the molecule is CC(C)(F)[C@H](c1ccc(F)cc1C#N)C1CN([C@@H](c2ccc(Cl)cc2)c2cccc(-c3ncon3)c2)C1. The summed E-state index contributed by atoms with van der Waals surface area (Å²) in [6, 6.07) is 21.6. The molecule has 37 heavy (non-hydrogen) atoms. The topological polar surface area (TPSA) is 66.0 Å². The molecule has 1 saturated heterocycles. The highest BCUT2D eigenvalue weighted by atomic mass is 35.5. The molecule has 0 unspecified atom stereocenters. The van der Waals surface area contributed by atoms with E-state index in [4.69, 9.17) is 16.1 Å². The molecule has 0 radical (unpaired) electrons. The van der Waals surface area contributed by atoms with Crippen molar-refractivity contribution >= 4 is 11.6 Å². The van der Waals surface area contributed by atoms with Crippen LogP contribution in [-0.4, -0.2) is 33.8 Å². The molecule has 2 heterocycles. The summed E-state index contributed by atoms with van der Waals surface area (Å²) in [5.41, 5.74) is 2.02. The van der Waals surface area contributed by atoms with Crippen LogP contribution >= 0.6 is 11.6 Å². The first kappa shape index (κ1) is 25.1. The van der Waals surface area contributed by atoms with Gasteiger partial charge >= 0.3 is 0 Å². The molecule has 188 valence electrons. The van der Waals surface area contributed by atoms with Crippen LogP contribution in [0.1, 0.15) is 48.1 Å². The Morgan fingerprint density at radius 3 is 2.49 bits per heavy atom. The average Bonchev–Trinajstić information content (AvgIpc) is 3.39. The third-order valence-electron chi connectivity index (χ3n) is 6.99. The molecule has 0 amide bonds. The van der Waals surface area contributed by atoms with E-state index in [9.17, 15) is 9.65 Å². The van der Waals surface area contributed by atoms with Gasteiger partial charge in [-0.3, -0.25) is 4.90 Å². The summed E-state index contributed by atoms with van der Waals surface area (Å²) < 4.78 is 34.3. The van der Waals surface area contributed by atoms with Crippen LogP contribution < -0.4 is 0 Å². The summed E-state index contributed by atoms with van der Waals surface area (Å²) in [5.74, 6) is -0.628. The highest BCUT2D eigenvalue weighted by Gasteiger charge is 2.46. The van der Waals surface area contributed by atoms with Gasteiger partial charge in [0, 0.05) is 29.6 Å². The van der Waals surface area contributed by atoms with Crippen LogP contribution in [-0.2, 0) is 0 Å². The van der Waals surface area contributed by atoms with Crippen molar-refractivity contribution in [2.75, 3.05) is 13.1 Å². The monoisotopic (exact) mass is 518 g/mol. The second-order valence-electron chi connectivity index (χ2n) is 9.93. The van der Waals surface area contributed by atoms with Gasteiger partial charge in [0.2, 0.25) is 12.2 Å². The minimum absolute atomic E-state index is 0.0623. The third kappa shape index (κ3) is 5.13. The van der Waals surface area contributed by atoms with E-state index >= 15 is 4.39 Å². The number of aromatic nitrogens is 2. The number of hydrogen-bond acceptors (Lipinski definition) is 5. The fourth-order valence-corrected chi connectivity index (χ4v) is 5.58. The zero-order valence-electron chi connectivity index (χ0n) is 20.4. The number of rotatable bonds is 7. The molecule has 0 saturated carbocycles. The first-order valence-corrected chi connectivity index (χ1v) is 12.4. The number of nitrogens with zero attached hydrogens (tertiary/aromatic N) is 4. The van der Waals surface area contributed by atoms with Gasteiger partial charge in [-0.05, 0) is 66.8 Å². The van der Waals surface area contributed by atoms with E-state index in [1.54, 1.807) is 6.07 Å². The highest BCUT2D eigenvalue weighted by Crippen LogP contribution is 2.46. The molecular weight excluding hydrogens is 494 g/mol. The molecule has 4 aromatic rings. The summed E-state index contributed by atoms with van der Waals surface area (Å²) in [5, 5.41) is 14.2. The van der Waals surface area contributed by atoms with Gasteiger partial charge in [-0.2, -0.15) is 10.2 Å². The van der Waals surface area contributed by atoms with Crippen molar-refractivity contribution in [3.05, 3.63) is 106 Å². The maximum absolute atomic E-state index is 15.6. The summed E-state index contributed by atoms with van der Waals surface area (Å²) in [7, 11) is 0. The zero-order chi connectivity index (χ0) is 26.2. The van der Waals surface area contributed by atoms with Crippen molar-refractivity contribution in [2.24, 2.45) is 5.92 Å². The fourth-order valence-electron chi connectivity index (χ4n) is 5.46. The van der Waals surface area contributed by atoms with Crippen molar-refractivity contribution in [3.63, 3.8) is 0 Å². The minimum Gasteiger partial charge on any atom is -0.342 e. The molecule has 0 aliphatic carbocycles. The molecule has 5 nitrogen and oxygen atoms in total. The first-order chi connectivity index (χ1) is 17.7. The summed E-state index contributed by atoms with van der Waals surface area (Å²) >= 11 is 6.17. The molecule has 2 atom stereocenters. The zero-order valence-corrected chi connectivity index (χ0v) is 21.2. The summed E-state index contributed by atoms with van der Waals surface area (Å²) in [6.45, 7) is 4.24. The minimum atomic E-state index is -1.60. The number of nitriles is 1. The van der Waals surface area contributed by atoms with Crippen LogP contribution in [0.25, 0.3) is 11.4 Å². The molecular formula is C29H25ClF2N4O. The van der Waals surface area contributed by atoms with Crippen LogP contribution in [0.2, 0.25) is 5.02 Å². The number of likely N-dealkylation sites (tertiary alicyclic amines) is 1. The van der Waals surface area contributed by atoms with E-state index in [-0.39, 0.29) is 17.5 Å². The van der Waals surface area contributed by atoms with Gasteiger partial charge in [0.15, 0.2) is 0 Å². The standard InChI is InChI=1S/C29H25ClF2N4O/c1-29(2,32)26(25-11-10-24(31)13-21(25)14-33)22-15-36(16-22)27(18-6-8-23(30)9-7-18)19-4-3-5-20(12-19)28-34-17-37-35-28/h3-13,17,22,26-27H,15-16H2,1-2H3/t26-,27-/m0/s1. The largest absolute Gasteiger partial charge is 0.342 e. The van der Waals surface area contributed by atoms with E-state index in [0.717, 1.165) is 16.7 Å². The second-order valence-corrected chi connectivity index (χ2v) is 10.4. The van der Waals surface area contributed by atoms with E-state index in [0.29, 0.717) is 29.5 Å². The van der Waals surface area contributed by atoms with E-state index in [1.165, 1.54) is 32.4 Å². The average molecular weight is 519 g/mol. The highest BCUT2D eigenvalue weighted by molar-refractivity contribution is 6.30. The molecule has 1 fully saturated rings. The van der Waals surface area contributed by atoms with Gasteiger partial charge in [0.05, 0.1) is 17.7 Å². The summed E-state index contributed by atoms with van der Waals surface area (Å²) in [4.78, 5) is 6.44. The van der Waals surface area contributed by atoms with Crippen molar-refractivity contribution < 1.29 is 13.3 Å². The lowest BCUT2D eigenvalue weighted by Gasteiger charge is -2.50. The van der Waals surface area contributed by atoms with Crippen LogP contribution in [0.3, 0.4) is 0 Å². The lowest BCUT2D eigenvalue weighted by atomic mass is 9.71. The maximum atomic E-state index is 15.6. The number of hydrogen-bond donors (Lipinski definition) is 0. The van der Waals surface area contributed by atoms with Gasteiger partial charge in [-0.25, -0.2) is 8.78 Å². The smallest absolute Gasteiger partial charge is 0.214 e. The van der Waals surface area contributed by atoms with Crippen LogP contribution in [0.5, 0.6) is 0 Å². The van der Waals surface area contributed by atoms with Gasteiger partial charge in [-0.15, -0.1) is 0 Å². The fraction of sp³-hybridized carbons (Fsp3) is 0.276. The van der Waals surface area contributed by atoms with Crippen molar-refractivity contribution in [3.8, 4) is 17.5 Å². The molecule has 8 heteroatoms. The number of halogens is 3.